The third kappa shape index (κ3) is 8.64. The Balaban J connectivity index is 1.73. The number of amides is 3. The average Bonchev–Trinajstić information content (AvgIpc) is 3.08. The highest BCUT2D eigenvalue weighted by molar-refractivity contribution is 6.30. The van der Waals surface area contributed by atoms with E-state index in [1.807, 2.05) is 20.8 Å². The smallest absolute Gasteiger partial charge is 0.404 e. The summed E-state index contributed by atoms with van der Waals surface area (Å²) in [7, 11) is 1.46. The first kappa shape index (κ1) is 33.5. The second-order valence-corrected chi connectivity index (χ2v) is 12.2. The normalized spacial score (nSPS) is 16.4. The maximum Gasteiger partial charge on any atom is 0.404 e. The molecule has 0 saturated heterocycles. The monoisotopic (exact) mass is 641 g/mol. The van der Waals surface area contributed by atoms with Crippen LogP contribution in [0.2, 0.25) is 5.02 Å². The van der Waals surface area contributed by atoms with E-state index in [0.29, 0.717) is 45.4 Å². The molecule has 0 fully saturated rings. The highest BCUT2D eigenvalue weighted by Gasteiger charge is 2.40. The van der Waals surface area contributed by atoms with Crippen molar-refractivity contribution in [3.05, 3.63) is 88.2 Å². The van der Waals surface area contributed by atoms with Crippen molar-refractivity contribution in [1.29, 1.82) is 0 Å². The molecule has 240 valence electrons. The van der Waals surface area contributed by atoms with Crippen LogP contribution in [-0.4, -0.2) is 55.9 Å². The number of ether oxygens (including phenoxy) is 3. The number of methoxy groups -OCH3 is 1. The number of carbonyl (C=O) groups is 3. The standard InChI is InChI=1S/C33H37ClFN3O7/c1-33(2,3)19-38-25-13-12-21(34)16-23(25)29(22-9-7-11-26(30(22)43-4)44-15-14-36-32(41)42)45-27(31(38)40)17-28(39)37-18-20-8-5-6-10-24(20)35/h5-13,16,27,29,36H,14-15,17-19H2,1-4H3,(H,37,39)(H,41,42). The van der Waals surface area contributed by atoms with Crippen molar-refractivity contribution in [2.75, 3.05) is 31.7 Å². The molecule has 1 heterocycles. The largest absolute Gasteiger partial charge is 0.492 e. The van der Waals surface area contributed by atoms with Crippen LogP contribution in [0.5, 0.6) is 11.5 Å². The van der Waals surface area contributed by atoms with Gasteiger partial charge in [-0.2, -0.15) is 0 Å². The van der Waals surface area contributed by atoms with E-state index in [1.165, 1.54) is 13.2 Å². The molecule has 0 aliphatic carbocycles. The Morgan fingerprint density at radius 1 is 1.07 bits per heavy atom. The molecule has 0 spiro atoms. The molecule has 0 radical (unpaired) electrons. The average molecular weight is 642 g/mol. The number of benzene rings is 3. The van der Waals surface area contributed by atoms with Gasteiger partial charge < -0.3 is 34.9 Å². The van der Waals surface area contributed by atoms with Crippen molar-refractivity contribution >= 4 is 35.2 Å². The molecule has 1 aliphatic heterocycles. The minimum Gasteiger partial charge on any atom is -0.492 e. The summed E-state index contributed by atoms with van der Waals surface area (Å²) in [6, 6.07) is 16.4. The van der Waals surface area contributed by atoms with Gasteiger partial charge in [0.1, 0.15) is 24.6 Å². The summed E-state index contributed by atoms with van der Waals surface area (Å²) in [4.78, 5) is 39.8. The predicted octanol–water partition coefficient (Wildman–Crippen LogP) is 5.71. The van der Waals surface area contributed by atoms with Gasteiger partial charge in [-0.15, -0.1) is 0 Å². The number of anilines is 1. The molecule has 3 amide bonds. The number of para-hydroxylation sites is 1. The molecule has 12 heteroatoms. The van der Waals surface area contributed by atoms with Crippen LogP contribution >= 0.6 is 11.6 Å². The lowest BCUT2D eigenvalue weighted by Gasteiger charge is -2.31. The second-order valence-electron chi connectivity index (χ2n) is 11.7. The maximum absolute atomic E-state index is 14.2. The second kappa shape index (κ2) is 14.6. The van der Waals surface area contributed by atoms with Crippen LogP contribution in [0.3, 0.4) is 0 Å². The van der Waals surface area contributed by atoms with E-state index in [0.717, 1.165) is 0 Å². The lowest BCUT2D eigenvalue weighted by Crippen LogP contribution is -2.45. The van der Waals surface area contributed by atoms with Crippen molar-refractivity contribution in [3.63, 3.8) is 0 Å². The summed E-state index contributed by atoms with van der Waals surface area (Å²) in [5.74, 6) is -0.719. The van der Waals surface area contributed by atoms with Crippen LogP contribution in [0.1, 0.15) is 50.0 Å². The molecule has 45 heavy (non-hydrogen) atoms. The molecule has 3 N–H and O–H groups in total. The van der Waals surface area contributed by atoms with E-state index >= 15 is 0 Å². The Morgan fingerprint density at radius 3 is 2.51 bits per heavy atom. The Morgan fingerprint density at radius 2 is 1.82 bits per heavy atom. The van der Waals surface area contributed by atoms with Gasteiger partial charge in [0, 0.05) is 40.5 Å². The van der Waals surface area contributed by atoms with E-state index in [2.05, 4.69) is 10.6 Å². The summed E-state index contributed by atoms with van der Waals surface area (Å²) in [5.41, 5.74) is 1.65. The Labute approximate surface area is 266 Å². The number of hydrogen-bond acceptors (Lipinski definition) is 6. The van der Waals surface area contributed by atoms with Crippen LogP contribution < -0.4 is 25.0 Å². The number of nitrogens with one attached hydrogen (secondary N) is 2. The number of hydrogen-bond donors (Lipinski definition) is 3. The van der Waals surface area contributed by atoms with Crippen LogP contribution in [0, 0.1) is 11.2 Å². The van der Waals surface area contributed by atoms with Crippen LogP contribution in [0.4, 0.5) is 14.9 Å². The molecule has 4 rings (SSSR count). The number of carboxylic acid groups (broad SMARTS) is 1. The fraction of sp³-hybridized carbons (Fsp3) is 0.364. The number of halogens is 2. The highest BCUT2D eigenvalue weighted by atomic mass is 35.5. The summed E-state index contributed by atoms with van der Waals surface area (Å²) in [6.07, 6.45) is -3.65. The zero-order chi connectivity index (χ0) is 32.7. The molecular formula is C33H37ClFN3O7. The van der Waals surface area contributed by atoms with E-state index in [4.69, 9.17) is 30.9 Å². The number of fused-ring (bicyclic) bond motifs is 1. The van der Waals surface area contributed by atoms with Gasteiger partial charge in [-0.05, 0) is 35.7 Å². The van der Waals surface area contributed by atoms with E-state index in [-0.39, 0.29) is 31.5 Å². The minimum absolute atomic E-state index is 0.0305. The van der Waals surface area contributed by atoms with Gasteiger partial charge in [0.05, 0.1) is 20.1 Å². The summed E-state index contributed by atoms with van der Waals surface area (Å²) < 4.78 is 32.3. The van der Waals surface area contributed by atoms with Gasteiger partial charge in [-0.3, -0.25) is 9.59 Å². The molecule has 1 aliphatic rings. The predicted molar refractivity (Wildman–Crippen MR) is 167 cm³/mol. The quantitative estimate of drug-likeness (QED) is 0.229. The van der Waals surface area contributed by atoms with Crippen LogP contribution in [0.15, 0.2) is 60.7 Å². The lowest BCUT2D eigenvalue weighted by atomic mass is 9.94. The molecule has 3 aromatic carbocycles. The first-order valence-corrected chi connectivity index (χ1v) is 14.8. The van der Waals surface area contributed by atoms with Gasteiger partial charge in [-0.25, -0.2) is 9.18 Å². The summed E-state index contributed by atoms with van der Waals surface area (Å²) >= 11 is 6.48. The molecule has 10 nitrogen and oxygen atoms in total. The molecule has 0 aromatic heterocycles. The van der Waals surface area contributed by atoms with Crippen LogP contribution in [-0.2, 0) is 20.9 Å². The van der Waals surface area contributed by atoms with E-state index in [9.17, 15) is 18.8 Å². The zero-order valence-corrected chi connectivity index (χ0v) is 26.3. The SMILES string of the molecule is COc1c(OCCNC(=O)O)cccc1C1OC(CC(=O)NCc2ccccc2F)C(=O)N(CC(C)(C)C)c2ccc(Cl)cc21. The fourth-order valence-corrected chi connectivity index (χ4v) is 5.23. The summed E-state index contributed by atoms with van der Waals surface area (Å²) in [6.45, 7) is 6.33. The minimum atomic E-state index is -1.22. The third-order valence-corrected chi connectivity index (χ3v) is 7.21. The van der Waals surface area contributed by atoms with Crippen molar-refractivity contribution in [1.82, 2.24) is 10.6 Å². The third-order valence-electron chi connectivity index (χ3n) is 6.97. The first-order chi connectivity index (χ1) is 21.4. The highest BCUT2D eigenvalue weighted by Crippen LogP contribution is 2.45. The molecule has 3 aromatic rings. The number of nitrogens with zero attached hydrogens (tertiary/aromatic N) is 1. The Hall–Kier alpha value is -4.35. The molecule has 2 unspecified atom stereocenters. The molecule has 0 saturated carbocycles. The van der Waals surface area contributed by atoms with Gasteiger partial charge >= 0.3 is 6.09 Å². The molecule has 2 atom stereocenters. The van der Waals surface area contributed by atoms with Gasteiger partial charge in [-0.1, -0.05) is 62.7 Å². The van der Waals surface area contributed by atoms with Crippen molar-refractivity contribution in [2.24, 2.45) is 5.41 Å². The lowest BCUT2D eigenvalue weighted by molar-refractivity contribution is -0.138. The fourth-order valence-electron chi connectivity index (χ4n) is 5.05. The van der Waals surface area contributed by atoms with Crippen molar-refractivity contribution in [3.8, 4) is 11.5 Å². The molecule has 0 bridgehead atoms. The number of rotatable bonds is 11. The maximum atomic E-state index is 14.2. The van der Waals surface area contributed by atoms with Crippen molar-refractivity contribution in [2.45, 2.75) is 45.9 Å². The molecular weight excluding hydrogens is 605 g/mol. The van der Waals surface area contributed by atoms with Crippen molar-refractivity contribution < 1.29 is 38.1 Å². The van der Waals surface area contributed by atoms with Gasteiger partial charge in [0.15, 0.2) is 11.5 Å². The topological polar surface area (TPSA) is 126 Å². The van der Waals surface area contributed by atoms with Gasteiger partial charge in [0.2, 0.25) is 5.91 Å². The number of carbonyl (C=O) groups excluding carboxylic acids is 2. The Bertz CT molecular complexity index is 1540. The summed E-state index contributed by atoms with van der Waals surface area (Å²) in [5, 5.41) is 14.2. The van der Waals surface area contributed by atoms with Crippen LogP contribution in [0.25, 0.3) is 0 Å². The van der Waals surface area contributed by atoms with E-state index < -0.39 is 35.9 Å². The zero-order valence-electron chi connectivity index (χ0n) is 25.6. The van der Waals surface area contributed by atoms with Gasteiger partial charge in [0.25, 0.3) is 5.91 Å². The first-order valence-electron chi connectivity index (χ1n) is 14.4. The Kier molecular flexibility index (Phi) is 10.9. The van der Waals surface area contributed by atoms with E-state index in [1.54, 1.807) is 59.5 Å².